The van der Waals surface area contributed by atoms with Crippen molar-refractivity contribution in [3.63, 3.8) is 0 Å². The molecule has 2 aliphatic rings. The van der Waals surface area contributed by atoms with Crippen LogP contribution in [0.25, 0.3) is 0 Å². The summed E-state index contributed by atoms with van der Waals surface area (Å²) in [7, 11) is 1.69. The normalized spacial score (nSPS) is 21.7. The predicted molar refractivity (Wildman–Crippen MR) is 114 cm³/mol. The molecule has 7 heteroatoms. The maximum Gasteiger partial charge on any atom is 0.254 e. The Morgan fingerprint density at radius 2 is 2.14 bits per heavy atom. The van der Waals surface area contributed by atoms with Gasteiger partial charge in [-0.3, -0.25) is 4.79 Å². The molecule has 1 aromatic heterocycles. The number of amides is 1. The van der Waals surface area contributed by atoms with E-state index in [0.717, 1.165) is 48.4 Å². The van der Waals surface area contributed by atoms with Gasteiger partial charge in [0, 0.05) is 30.4 Å². The molecule has 1 fully saturated rings. The fraction of sp³-hybridized carbons (Fsp3) is 0.455. The topological polar surface area (TPSA) is 59.4 Å². The highest BCUT2D eigenvalue weighted by Crippen LogP contribution is 2.38. The molecule has 4 rings (SSSR count). The number of methoxy groups -OCH3 is 1. The van der Waals surface area contributed by atoms with E-state index >= 15 is 0 Å². The number of halogens is 1. The Balaban J connectivity index is 1.78. The largest absolute Gasteiger partial charge is 0.383 e. The van der Waals surface area contributed by atoms with Crippen molar-refractivity contribution in [3.05, 3.63) is 57.9 Å². The van der Waals surface area contributed by atoms with Gasteiger partial charge in [-0.25, -0.2) is 4.68 Å². The van der Waals surface area contributed by atoms with Crippen molar-refractivity contribution in [2.75, 3.05) is 25.6 Å². The second-order valence-electron chi connectivity index (χ2n) is 7.84. The van der Waals surface area contributed by atoms with Crippen LogP contribution in [0.15, 0.2) is 41.7 Å². The number of allylic oxidation sites excluding steroid dienone is 1. The van der Waals surface area contributed by atoms with Crippen LogP contribution in [0.5, 0.6) is 0 Å². The van der Waals surface area contributed by atoms with Gasteiger partial charge < -0.3 is 15.0 Å². The lowest BCUT2D eigenvalue weighted by atomic mass is 9.92. The van der Waals surface area contributed by atoms with Crippen molar-refractivity contribution in [3.8, 4) is 0 Å². The van der Waals surface area contributed by atoms with Gasteiger partial charge in [0.25, 0.3) is 5.91 Å². The molecule has 0 aliphatic carbocycles. The summed E-state index contributed by atoms with van der Waals surface area (Å²) in [6.07, 6.45) is 4.85. The lowest BCUT2D eigenvalue weighted by Gasteiger charge is -2.39. The van der Waals surface area contributed by atoms with Crippen LogP contribution in [0.2, 0.25) is 5.02 Å². The summed E-state index contributed by atoms with van der Waals surface area (Å²) in [5.74, 6) is 0.910. The van der Waals surface area contributed by atoms with Crippen LogP contribution in [-0.4, -0.2) is 46.9 Å². The van der Waals surface area contributed by atoms with Crippen LogP contribution >= 0.6 is 11.6 Å². The van der Waals surface area contributed by atoms with Gasteiger partial charge in [-0.2, -0.15) is 5.10 Å². The standard InChI is InChI=1S/C22H27ClN4O2/c1-14-7-8-16(12-18(14)23)21-20(15(2)25-19-9-10-24-27(19)21)22(28)26-11-5-4-6-17(26)13-29-3/h7-10,12,17,21,25H,4-6,11,13H2,1-3H3. The second-order valence-corrected chi connectivity index (χ2v) is 8.25. The number of anilines is 1. The first-order valence-corrected chi connectivity index (χ1v) is 10.5. The number of likely N-dealkylation sites (tertiary alicyclic amines) is 1. The highest BCUT2D eigenvalue weighted by atomic mass is 35.5. The Hall–Kier alpha value is -2.31. The summed E-state index contributed by atoms with van der Waals surface area (Å²) in [5.41, 5.74) is 3.53. The molecular formula is C22H27ClN4O2. The molecule has 154 valence electrons. The van der Waals surface area contributed by atoms with E-state index in [9.17, 15) is 4.79 Å². The molecule has 3 heterocycles. The highest BCUT2D eigenvalue weighted by Gasteiger charge is 2.37. The summed E-state index contributed by atoms with van der Waals surface area (Å²) < 4.78 is 7.27. The van der Waals surface area contributed by atoms with E-state index in [2.05, 4.69) is 10.4 Å². The van der Waals surface area contributed by atoms with Crippen LogP contribution in [0.1, 0.15) is 43.4 Å². The number of ether oxygens (including phenoxy) is 1. The van der Waals surface area contributed by atoms with Crippen LogP contribution in [0, 0.1) is 6.92 Å². The van der Waals surface area contributed by atoms with E-state index in [0.29, 0.717) is 17.2 Å². The Labute approximate surface area is 176 Å². The van der Waals surface area contributed by atoms with E-state index in [1.54, 1.807) is 13.3 Å². The van der Waals surface area contributed by atoms with Crippen molar-refractivity contribution in [2.24, 2.45) is 0 Å². The minimum Gasteiger partial charge on any atom is -0.383 e. The molecule has 1 aromatic carbocycles. The first kappa shape index (κ1) is 20.0. The van der Waals surface area contributed by atoms with Crippen molar-refractivity contribution < 1.29 is 9.53 Å². The number of benzene rings is 1. The highest BCUT2D eigenvalue weighted by molar-refractivity contribution is 6.31. The van der Waals surface area contributed by atoms with Gasteiger partial charge in [0.1, 0.15) is 11.9 Å². The number of aryl methyl sites for hydroxylation is 1. The summed E-state index contributed by atoms with van der Waals surface area (Å²) in [5, 5.41) is 8.56. The number of rotatable bonds is 4. The number of hydrogen-bond donors (Lipinski definition) is 1. The SMILES string of the molecule is COCC1CCCCN1C(=O)C1=C(C)Nc2ccnn2C1c1ccc(C)c(Cl)c1. The van der Waals surface area contributed by atoms with Crippen molar-refractivity contribution in [1.82, 2.24) is 14.7 Å². The number of carbonyl (C=O) groups is 1. The zero-order valence-electron chi connectivity index (χ0n) is 17.1. The van der Waals surface area contributed by atoms with Gasteiger partial charge in [-0.05, 0) is 50.3 Å². The summed E-state index contributed by atoms with van der Waals surface area (Å²) >= 11 is 6.44. The van der Waals surface area contributed by atoms with Crippen molar-refractivity contribution >= 4 is 23.3 Å². The lowest BCUT2D eigenvalue weighted by Crippen LogP contribution is -2.48. The Morgan fingerprint density at radius 1 is 1.31 bits per heavy atom. The first-order valence-electron chi connectivity index (χ1n) is 10.1. The number of piperidine rings is 1. The Morgan fingerprint density at radius 3 is 2.90 bits per heavy atom. The van der Waals surface area contributed by atoms with E-state index in [1.807, 2.05) is 47.7 Å². The first-order chi connectivity index (χ1) is 14.0. The van der Waals surface area contributed by atoms with Crippen LogP contribution in [0.4, 0.5) is 5.82 Å². The van der Waals surface area contributed by atoms with Gasteiger partial charge in [-0.1, -0.05) is 23.7 Å². The van der Waals surface area contributed by atoms with Crippen LogP contribution < -0.4 is 5.32 Å². The van der Waals surface area contributed by atoms with Gasteiger partial charge >= 0.3 is 0 Å². The second kappa shape index (κ2) is 8.20. The lowest BCUT2D eigenvalue weighted by molar-refractivity contribution is -0.132. The third-order valence-electron chi connectivity index (χ3n) is 5.90. The molecule has 1 saturated heterocycles. The monoisotopic (exact) mass is 414 g/mol. The number of fused-ring (bicyclic) bond motifs is 1. The molecule has 2 unspecified atom stereocenters. The minimum atomic E-state index is -0.322. The molecule has 0 bridgehead atoms. The summed E-state index contributed by atoms with van der Waals surface area (Å²) in [6, 6.07) is 7.67. The molecule has 2 atom stereocenters. The molecule has 1 amide bonds. The van der Waals surface area contributed by atoms with E-state index in [-0.39, 0.29) is 18.0 Å². The smallest absolute Gasteiger partial charge is 0.254 e. The van der Waals surface area contributed by atoms with E-state index in [4.69, 9.17) is 16.3 Å². The maximum atomic E-state index is 13.8. The average molecular weight is 415 g/mol. The van der Waals surface area contributed by atoms with Gasteiger partial charge in [0.2, 0.25) is 0 Å². The molecular weight excluding hydrogens is 388 g/mol. The molecule has 0 radical (unpaired) electrons. The molecule has 0 spiro atoms. The molecule has 2 aliphatic heterocycles. The van der Waals surface area contributed by atoms with Crippen molar-refractivity contribution in [2.45, 2.75) is 45.2 Å². The zero-order chi connectivity index (χ0) is 20.5. The molecule has 0 saturated carbocycles. The van der Waals surface area contributed by atoms with Gasteiger partial charge in [0.05, 0.1) is 24.4 Å². The Kier molecular flexibility index (Phi) is 5.65. The summed E-state index contributed by atoms with van der Waals surface area (Å²) in [6.45, 7) is 5.24. The van der Waals surface area contributed by atoms with E-state index in [1.165, 1.54) is 0 Å². The zero-order valence-corrected chi connectivity index (χ0v) is 17.9. The van der Waals surface area contributed by atoms with Gasteiger partial charge in [-0.15, -0.1) is 0 Å². The van der Waals surface area contributed by atoms with Crippen LogP contribution in [-0.2, 0) is 9.53 Å². The fourth-order valence-electron chi connectivity index (χ4n) is 4.36. The Bertz CT molecular complexity index is 950. The summed E-state index contributed by atoms with van der Waals surface area (Å²) in [4.78, 5) is 15.8. The maximum absolute atomic E-state index is 13.8. The number of nitrogens with one attached hydrogen (secondary N) is 1. The third-order valence-corrected chi connectivity index (χ3v) is 6.30. The average Bonchev–Trinajstić information content (AvgIpc) is 3.17. The van der Waals surface area contributed by atoms with E-state index < -0.39 is 0 Å². The van der Waals surface area contributed by atoms with Crippen LogP contribution in [0.3, 0.4) is 0 Å². The quantitative estimate of drug-likeness (QED) is 0.816. The molecule has 2 aromatic rings. The number of nitrogens with zero attached hydrogens (tertiary/aromatic N) is 3. The number of carbonyl (C=O) groups excluding carboxylic acids is 1. The predicted octanol–water partition coefficient (Wildman–Crippen LogP) is 4.16. The van der Waals surface area contributed by atoms with Crippen molar-refractivity contribution in [1.29, 1.82) is 0 Å². The number of aromatic nitrogens is 2. The third kappa shape index (κ3) is 3.67. The number of hydrogen-bond acceptors (Lipinski definition) is 4. The molecule has 29 heavy (non-hydrogen) atoms. The molecule has 6 nitrogen and oxygen atoms in total. The van der Waals surface area contributed by atoms with Gasteiger partial charge in [0.15, 0.2) is 0 Å². The minimum absolute atomic E-state index is 0.0413. The molecule has 1 N–H and O–H groups in total. The fourth-order valence-corrected chi connectivity index (χ4v) is 4.55.